The summed E-state index contributed by atoms with van der Waals surface area (Å²) in [6.07, 6.45) is 7.29. The van der Waals surface area contributed by atoms with E-state index in [1.165, 1.54) is 4.90 Å². The molecule has 1 aliphatic heterocycles. The van der Waals surface area contributed by atoms with Crippen LogP contribution in [0.25, 0.3) is 0 Å². The summed E-state index contributed by atoms with van der Waals surface area (Å²) in [7, 11) is 0. The van der Waals surface area contributed by atoms with Gasteiger partial charge in [0, 0.05) is 12.4 Å². The van der Waals surface area contributed by atoms with Crippen molar-refractivity contribution in [1.82, 2.24) is 9.88 Å². The second-order valence-electron chi connectivity index (χ2n) is 5.12. The van der Waals surface area contributed by atoms with Crippen LogP contribution in [0.1, 0.15) is 31.2 Å². The summed E-state index contributed by atoms with van der Waals surface area (Å²) in [6, 6.07) is 3.73. The number of carbonyl (C=O) groups excluding carboxylic acids is 2. The van der Waals surface area contributed by atoms with Crippen LogP contribution in [-0.2, 0) is 16.1 Å². The van der Waals surface area contributed by atoms with Crippen molar-refractivity contribution in [2.45, 2.75) is 32.2 Å². The molecular weight excluding hydrogens is 228 g/mol. The molecule has 2 aliphatic rings. The molecule has 0 N–H and O–H groups in total. The van der Waals surface area contributed by atoms with Crippen molar-refractivity contribution in [2.24, 2.45) is 11.8 Å². The Balaban J connectivity index is 1.80. The Morgan fingerprint density at radius 2 is 1.83 bits per heavy atom. The first-order valence-electron chi connectivity index (χ1n) is 6.51. The van der Waals surface area contributed by atoms with Gasteiger partial charge in [-0.2, -0.15) is 0 Å². The van der Waals surface area contributed by atoms with Crippen molar-refractivity contribution in [2.75, 3.05) is 0 Å². The van der Waals surface area contributed by atoms with Crippen molar-refractivity contribution >= 4 is 11.8 Å². The van der Waals surface area contributed by atoms with Crippen LogP contribution >= 0.6 is 0 Å². The van der Waals surface area contributed by atoms with E-state index in [0.717, 1.165) is 31.2 Å². The van der Waals surface area contributed by atoms with E-state index in [9.17, 15) is 9.59 Å². The number of pyridine rings is 1. The highest BCUT2D eigenvalue weighted by molar-refractivity contribution is 6.05. The molecule has 2 heterocycles. The number of hydrogen-bond donors (Lipinski definition) is 0. The minimum absolute atomic E-state index is 0.0218. The molecular formula is C14H16N2O2. The number of carbonyl (C=O) groups is 2. The van der Waals surface area contributed by atoms with E-state index in [0.29, 0.717) is 6.54 Å². The normalized spacial score (nSPS) is 27.4. The molecule has 1 saturated carbocycles. The fourth-order valence-electron chi connectivity index (χ4n) is 3.06. The molecule has 4 nitrogen and oxygen atoms in total. The lowest BCUT2D eigenvalue weighted by molar-refractivity contribution is -0.140. The molecule has 18 heavy (non-hydrogen) atoms. The highest BCUT2D eigenvalue weighted by Gasteiger charge is 2.47. The van der Waals surface area contributed by atoms with Crippen LogP contribution in [0.15, 0.2) is 24.5 Å². The third kappa shape index (κ3) is 1.82. The molecule has 1 aromatic heterocycles. The van der Waals surface area contributed by atoms with Crippen LogP contribution in [0.4, 0.5) is 0 Å². The second kappa shape index (κ2) is 4.52. The number of aromatic nitrogens is 1. The first kappa shape index (κ1) is 11.4. The van der Waals surface area contributed by atoms with E-state index in [1.807, 2.05) is 12.1 Å². The number of likely N-dealkylation sites (tertiary alicyclic amines) is 1. The average molecular weight is 244 g/mol. The Morgan fingerprint density at radius 1 is 1.17 bits per heavy atom. The fourth-order valence-corrected chi connectivity index (χ4v) is 3.06. The van der Waals surface area contributed by atoms with E-state index in [-0.39, 0.29) is 23.7 Å². The van der Waals surface area contributed by atoms with Crippen LogP contribution < -0.4 is 0 Å². The molecule has 2 amide bonds. The maximum absolute atomic E-state index is 12.2. The first-order chi connectivity index (χ1) is 8.77. The van der Waals surface area contributed by atoms with Crippen LogP contribution in [-0.4, -0.2) is 21.7 Å². The molecule has 0 unspecified atom stereocenters. The molecule has 1 saturated heterocycles. The van der Waals surface area contributed by atoms with E-state index in [2.05, 4.69) is 4.98 Å². The summed E-state index contributed by atoms with van der Waals surface area (Å²) >= 11 is 0. The Bertz CT molecular complexity index is 448. The van der Waals surface area contributed by atoms with Crippen molar-refractivity contribution in [3.8, 4) is 0 Å². The lowest BCUT2D eigenvalue weighted by atomic mass is 9.81. The molecule has 1 aromatic rings. The van der Waals surface area contributed by atoms with Crippen LogP contribution in [0.3, 0.4) is 0 Å². The Morgan fingerprint density at radius 3 is 2.39 bits per heavy atom. The van der Waals surface area contributed by atoms with Crippen molar-refractivity contribution in [3.05, 3.63) is 30.1 Å². The predicted octanol–water partition coefficient (Wildman–Crippen LogP) is 1.76. The molecule has 0 bridgehead atoms. The van der Waals surface area contributed by atoms with E-state index in [1.54, 1.807) is 12.4 Å². The minimum atomic E-state index is -0.0529. The van der Waals surface area contributed by atoms with Gasteiger partial charge in [-0.3, -0.25) is 19.5 Å². The second-order valence-corrected chi connectivity index (χ2v) is 5.12. The van der Waals surface area contributed by atoms with Crippen molar-refractivity contribution in [3.63, 3.8) is 0 Å². The summed E-state index contributed by atoms with van der Waals surface area (Å²) in [4.78, 5) is 29.9. The van der Waals surface area contributed by atoms with Gasteiger partial charge in [-0.15, -0.1) is 0 Å². The molecule has 3 rings (SSSR count). The summed E-state index contributed by atoms with van der Waals surface area (Å²) in [5.41, 5.74) is 0.915. The van der Waals surface area contributed by atoms with E-state index >= 15 is 0 Å². The lowest BCUT2D eigenvalue weighted by Crippen LogP contribution is -2.30. The summed E-state index contributed by atoms with van der Waals surface area (Å²) in [6.45, 7) is 0.374. The van der Waals surface area contributed by atoms with Gasteiger partial charge in [0.2, 0.25) is 11.8 Å². The minimum Gasteiger partial charge on any atom is -0.278 e. The number of amides is 2. The first-order valence-corrected chi connectivity index (χ1v) is 6.51. The zero-order valence-corrected chi connectivity index (χ0v) is 10.2. The molecule has 1 aliphatic carbocycles. The smallest absolute Gasteiger partial charge is 0.233 e. The maximum atomic E-state index is 12.2. The van der Waals surface area contributed by atoms with Crippen molar-refractivity contribution in [1.29, 1.82) is 0 Å². The molecule has 0 radical (unpaired) electrons. The Hall–Kier alpha value is -1.71. The highest BCUT2D eigenvalue weighted by atomic mass is 16.2. The largest absolute Gasteiger partial charge is 0.278 e. The zero-order chi connectivity index (χ0) is 12.5. The van der Waals surface area contributed by atoms with Crippen LogP contribution in [0, 0.1) is 11.8 Å². The van der Waals surface area contributed by atoms with Gasteiger partial charge in [-0.1, -0.05) is 18.9 Å². The number of imide groups is 1. The molecule has 0 spiro atoms. The monoisotopic (exact) mass is 244 g/mol. The van der Waals surface area contributed by atoms with Crippen LogP contribution in [0.2, 0.25) is 0 Å². The molecule has 0 aromatic carbocycles. The molecule has 2 atom stereocenters. The molecule has 4 heteroatoms. The lowest BCUT2D eigenvalue weighted by Gasteiger charge is -2.19. The van der Waals surface area contributed by atoms with Crippen molar-refractivity contribution < 1.29 is 9.59 Å². The summed E-state index contributed by atoms with van der Waals surface area (Å²) < 4.78 is 0. The number of fused-ring (bicyclic) bond motifs is 1. The topological polar surface area (TPSA) is 50.3 Å². The van der Waals surface area contributed by atoms with E-state index in [4.69, 9.17) is 0 Å². The third-order valence-electron chi connectivity index (χ3n) is 4.00. The van der Waals surface area contributed by atoms with Crippen LogP contribution in [0.5, 0.6) is 0 Å². The van der Waals surface area contributed by atoms with Gasteiger partial charge in [0.15, 0.2) is 0 Å². The summed E-state index contributed by atoms with van der Waals surface area (Å²) in [5, 5.41) is 0. The number of nitrogens with zero attached hydrogens (tertiary/aromatic N) is 2. The zero-order valence-electron chi connectivity index (χ0n) is 10.2. The third-order valence-corrected chi connectivity index (χ3v) is 4.00. The van der Waals surface area contributed by atoms with Gasteiger partial charge in [0.25, 0.3) is 0 Å². The molecule has 2 fully saturated rings. The van der Waals surface area contributed by atoms with Gasteiger partial charge in [0.1, 0.15) is 0 Å². The highest BCUT2D eigenvalue weighted by Crippen LogP contribution is 2.38. The quantitative estimate of drug-likeness (QED) is 0.745. The Labute approximate surface area is 106 Å². The maximum Gasteiger partial charge on any atom is 0.233 e. The van der Waals surface area contributed by atoms with Gasteiger partial charge < -0.3 is 0 Å². The summed E-state index contributed by atoms with van der Waals surface area (Å²) in [5.74, 6) is -0.0621. The van der Waals surface area contributed by atoms with Gasteiger partial charge >= 0.3 is 0 Å². The average Bonchev–Trinajstić information content (AvgIpc) is 2.66. The fraction of sp³-hybridized carbons (Fsp3) is 0.500. The number of rotatable bonds is 2. The van der Waals surface area contributed by atoms with E-state index < -0.39 is 0 Å². The standard InChI is InChI=1S/C14H16N2O2/c17-13-11-5-1-2-6-12(11)14(18)16(13)9-10-4-3-7-15-8-10/h3-4,7-8,11-12H,1-2,5-6,9H2/t11-,12-/m0/s1. The molecule has 94 valence electrons. The number of hydrogen-bond acceptors (Lipinski definition) is 3. The Kier molecular flexibility index (Phi) is 2.86. The van der Waals surface area contributed by atoms with Gasteiger partial charge in [-0.05, 0) is 24.5 Å². The SMILES string of the molecule is O=C1[C@H]2CCCC[C@@H]2C(=O)N1Cc1cccnc1. The van der Waals surface area contributed by atoms with Gasteiger partial charge in [0.05, 0.1) is 18.4 Å². The predicted molar refractivity (Wildman–Crippen MR) is 65.2 cm³/mol. The van der Waals surface area contributed by atoms with Gasteiger partial charge in [-0.25, -0.2) is 0 Å².